The molecule has 0 saturated carbocycles. The quantitative estimate of drug-likeness (QED) is 0.274. The zero-order valence-electron chi connectivity index (χ0n) is 25.3. The van der Waals surface area contributed by atoms with Gasteiger partial charge in [0.05, 0.1) is 24.6 Å². The van der Waals surface area contributed by atoms with Gasteiger partial charge in [-0.1, -0.05) is 30.3 Å². The van der Waals surface area contributed by atoms with Crippen molar-refractivity contribution in [1.29, 1.82) is 0 Å². The molecule has 0 radical (unpaired) electrons. The Kier molecular flexibility index (Phi) is 7.78. The van der Waals surface area contributed by atoms with E-state index in [2.05, 4.69) is 10.3 Å². The number of pyridine rings is 1. The standard InChI is InChI=1S/C32H37N5O6Si/c1-21-29(44(3,4)41)27(14-17-35-20-22(15-18-38)33-34-35)43-32(21)25-19-24(36-16-8-11-28(42-2)30(36)39)12-13-26(25)37(31(32)40)23-9-6-5-7-10-23/h5-13,16,19-21,27,29,38,41H,14-15,17-18H2,1-4H3/t21-,27+,29-,32+/m0/s1. The molecule has 1 spiro atoms. The summed E-state index contributed by atoms with van der Waals surface area (Å²) in [6.07, 6.45) is 3.93. The van der Waals surface area contributed by atoms with Crippen molar-refractivity contribution in [3.63, 3.8) is 0 Å². The van der Waals surface area contributed by atoms with Crippen LogP contribution in [-0.2, 0) is 28.1 Å². The van der Waals surface area contributed by atoms with Crippen molar-refractivity contribution in [1.82, 2.24) is 19.6 Å². The number of methoxy groups -OCH3 is 1. The van der Waals surface area contributed by atoms with E-state index >= 15 is 0 Å². The highest BCUT2D eigenvalue weighted by atomic mass is 28.4. The topological polar surface area (TPSA) is 132 Å². The van der Waals surface area contributed by atoms with Crippen molar-refractivity contribution in [2.24, 2.45) is 5.92 Å². The number of aryl methyl sites for hydroxylation is 1. The summed E-state index contributed by atoms with van der Waals surface area (Å²) in [6.45, 7) is 6.22. The molecule has 0 bridgehead atoms. The van der Waals surface area contributed by atoms with Crippen molar-refractivity contribution < 1.29 is 24.2 Å². The van der Waals surface area contributed by atoms with E-state index in [4.69, 9.17) is 9.47 Å². The van der Waals surface area contributed by atoms with E-state index in [0.717, 1.165) is 0 Å². The molecule has 2 aliphatic heterocycles. The number of amides is 1. The van der Waals surface area contributed by atoms with Crippen LogP contribution >= 0.6 is 0 Å². The van der Waals surface area contributed by atoms with Gasteiger partial charge in [-0.15, -0.1) is 5.10 Å². The van der Waals surface area contributed by atoms with Crippen LogP contribution in [0.2, 0.25) is 18.6 Å². The van der Waals surface area contributed by atoms with Gasteiger partial charge in [0.1, 0.15) is 0 Å². The van der Waals surface area contributed by atoms with Crippen LogP contribution in [0.1, 0.15) is 24.6 Å². The van der Waals surface area contributed by atoms with Crippen molar-refractivity contribution >= 4 is 25.6 Å². The molecule has 0 unspecified atom stereocenters. The Labute approximate surface area is 256 Å². The van der Waals surface area contributed by atoms with E-state index < -0.39 is 20.0 Å². The summed E-state index contributed by atoms with van der Waals surface area (Å²) in [7, 11) is -1.43. The van der Waals surface area contributed by atoms with Crippen molar-refractivity contribution in [2.75, 3.05) is 18.6 Å². The number of aliphatic hydroxyl groups excluding tert-OH is 1. The molecule has 6 rings (SSSR count). The summed E-state index contributed by atoms with van der Waals surface area (Å²) in [5.41, 5.74) is 1.31. The van der Waals surface area contributed by atoms with Crippen molar-refractivity contribution in [3.8, 4) is 11.4 Å². The number of anilines is 2. The first-order valence-corrected chi connectivity index (χ1v) is 17.8. The maximum absolute atomic E-state index is 14.8. The Hall–Kier alpha value is -4.10. The van der Waals surface area contributed by atoms with Crippen molar-refractivity contribution in [2.45, 2.75) is 56.7 Å². The molecule has 2 aromatic heterocycles. The fourth-order valence-corrected chi connectivity index (χ4v) is 9.62. The first-order chi connectivity index (χ1) is 21.1. The van der Waals surface area contributed by atoms with E-state index in [0.29, 0.717) is 47.7 Å². The largest absolute Gasteiger partial charge is 0.491 e. The predicted molar refractivity (Wildman–Crippen MR) is 167 cm³/mol. The second kappa shape index (κ2) is 11.4. The van der Waals surface area contributed by atoms with Crippen LogP contribution in [0.3, 0.4) is 0 Å². The van der Waals surface area contributed by atoms with Gasteiger partial charge in [-0.3, -0.25) is 23.7 Å². The monoisotopic (exact) mass is 615 g/mol. The molecule has 11 nitrogen and oxygen atoms in total. The number of aromatic nitrogens is 4. The lowest BCUT2D eigenvalue weighted by atomic mass is 9.82. The number of fused-ring (bicyclic) bond motifs is 2. The number of carbonyl (C=O) groups is 1. The van der Waals surface area contributed by atoms with E-state index in [1.54, 1.807) is 34.1 Å². The normalized spacial score (nSPS) is 23.0. The van der Waals surface area contributed by atoms with Crippen molar-refractivity contribution in [3.05, 3.63) is 94.7 Å². The lowest BCUT2D eigenvalue weighted by Gasteiger charge is -2.32. The molecule has 12 heteroatoms. The average Bonchev–Trinajstić information content (AvgIpc) is 3.65. The van der Waals surface area contributed by atoms with Gasteiger partial charge in [0.2, 0.25) is 0 Å². The molecule has 2 aromatic carbocycles. The zero-order chi connectivity index (χ0) is 31.2. The predicted octanol–water partition coefficient (Wildman–Crippen LogP) is 3.54. The molecule has 0 aliphatic carbocycles. The molecule has 4 atom stereocenters. The fraction of sp³-hybridized carbons (Fsp3) is 0.375. The lowest BCUT2D eigenvalue weighted by Crippen LogP contribution is -2.45. The summed E-state index contributed by atoms with van der Waals surface area (Å²) in [5.74, 6) is -0.395. The number of aliphatic hydroxyl groups is 1. The molecule has 4 aromatic rings. The molecule has 1 fully saturated rings. The van der Waals surface area contributed by atoms with Crippen LogP contribution in [-0.4, -0.2) is 63.5 Å². The van der Waals surface area contributed by atoms with Crippen LogP contribution in [0.15, 0.2) is 77.9 Å². The second-order valence-corrected chi connectivity index (χ2v) is 16.0. The van der Waals surface area contributed by atoms with E-state index in [9.17, 15) is 19.5 Å². The molecule has 230 valence electrons. The molecule has 1 amide bonds. The summed E-state index contributed by atoms with van der Waals surface area (Å²) >= 11 is 0. The third-order valence-electron chi connectivity index (χ3n) is 8.90. The number of rotatable bonds is 9. The second-order valence-electron chi connectivity index (χ2n) is 12.0. The Morgan fingerprint density at radius 1 is 1.07 bits per heavy atom. The van der Waals surface area contributed by atoms with Gasteiger partial charge in [0.25, 0.3) is 11.5 Å². The summed E-state index contributed by atoms with van der Waals surface area (Å²) in [5, 5.41) is 17.6. The molecule has 2 N–H and O–H groups in total. The number of benzene rings is 2. The average molecular weight is 616 g/mol. The summed E-state index contributed by atoms with van der Waals surface area (Å²) in [4.78, 5) is 41.3. The van der Waals surface area contributed by atoms with Gasteiger partial charge < -0.3 is 19.4 Å². The highest BCUT2D eigenvalue weighted by Crippen LogP contribution is 2.60. The summed E-state index contributed by atoms with van der Waals surface area (Å²) in [6, 6.07) is 18.3. The molecule has 2 aliphatic rings. The zero-order valence-corrected chi connectivity index (χ0v) is 26.3. The van der Waals surface area contributed by atoms with Crippen LogP contribution < -0.4 is 15.2 Å². The minimum absolute atomic E-state index is 0.0137. The number of hydrogen-bond donors (Lipinski definition) is 2. The number of para-hydroxylation sites is 1. The van der Waals surface area contributed by atoms with Gasteiger partial charge in [-0.2, -0.15) is 0 Å². The molecule has 44 heavy (non-hydrogen) atoms. The SMILES string of the molecule is COc1cccn(-c2ccc3c(c2)[C@@]2(O[C@H](CCn4cc(CCO)nn4)[C@@H]([Si](C)(C)O)[C@@H]2C)C(=O)N3c2ccccc2)c1=O. The minimum atomic E-state index is -2.89. The third kappa shape index (κ3) is 4.87. The highest BCUT2D eigenvalue weighted by Gasteiger charge is 2.66. The van der Waals surface area contributed by atoms with Gasteiger partial charge in [0.15, 0.2) is 19.7 Å². The van der Waals surface area contributed by atoms with E-state index in [1.165, 1.54) is 11.7 Å². The lowest BCUT2D eigenvalue weighted by molar-refractivity contribution is -0.145. The Morgan fingerprint density at radius 3 is 2.55 bits per heavy atom. The van der Waals surface area contributed by atoms with Crippen LogP contribution in [0.4, 0.5) is 11.4 Å². The van der Waals surface area contributed by atoms with Gasteiger partial charge in [0, 0.05) is 60.4 Å². The Morgan fingerprint density at radius 2 is 1.84 bits per heavy atom. The molecule has 4 heterocycles. The summed E-state index contributed by atoms with van der Waals surface area (Å²) < 4.78 is 15.4. The number of ether oxygens (including phenoxy) is 2. The van der Waals surface area contributed by atoms with Crippen LogP contribution in [0.5, 0.6) is 5.75 Å². The fourth-order valence-electron chi connectivity index (χ4n) is 7.01. The molecular formula is C32H37N5O6Si. The Bertz CT molecular complexity index is 1730. The third-order valence-corrected chi connectivity index (χ3v) is 11.4. The van der Waals surface area contributed by atoms with Gasteiger partial charge in [-0.05, 0) is 62.0 Å². The minimum Gasteiger partial charge on any atom is -0.491 e. The van der Waals surface area contributed by atoms with Crippen LogP contribution in [0.25, 0.3) is 5.69 Å². The number of hydrogen-bond acceptors (Lipinski definition) is 8. The maximum atomic E-state index is 14.8. The van der Waals surface area contributed by atoms with Gasteiger partial charge in [-0.25, -0.2) is 0 Å². The first-order valence-electron chi connectivity index (χ1n) is 14.8. The number of carbonyl (C=O) groups excluding carboxylic acids is 1. The molecular weight excluding hydrogens is 578 g/mol. The smallest absolute Gasteiger partial charge is 0.297 e. The van der Waals surface area contributed by atoms with Crippen LogP contribution in [0, 0.1) is 5.92 Å². The van der Waals surface area contributed by atoms with E-state index in [1.807, 2.05) is 68.5 Å². The first kappa shape index (κ1) is 29.9. The van der Waals surface area contributed by atoms with E-state index in [-0.39, 0.29) is 35.3 Å². The maximum Gasteiger partial charge on any atom is 0.297 e. The molecule has 1 saturated heterocycles. The highest BCUT2D eigenvalue weighted by molar-refractivity contribution is 6.71. The van der Waals surface area contributed by atoms with Gasteiger partial charge >= 0.3 is 0 Å². The Balaban J connectivity index is 1.47. The number of nitrogens with zero attached hydrogens (tertiary/aromatic N) is 5.